The Balaban J connectivity index is 1.27. The van der Waals surface area contributed by atoms with Gasteiger partial charge in [0.25, 0.3) is 0 Å². The van der Waals surface area contributed by atoms with E-state index in [9.17, 15) is 0 Å². The molecular formula is C65H44F3N5. The van der Waals surface area contributed by atoms with Crippen LogP contribution in [0.25, 0.3) is 118 Å². The van der Waals surface area contributed by atoms with Crippen LogP contribution in [0.15, 0.2) is 231 Å². The van der Waals surface area contributed by atoms with Gasteiger partial charge in [0.2, 0.25) is 0 Å². The van der Waals surface area contributed by atoms with Gasteiger partial charge < -0.3 is 4.57 Å². The number of aromatic nitrogens is 5. The van der Waals surface area contributed by atoms with Gasteiger partial charge in [-0.25, -0.2) is 19.9 Å². The zero-order chi connectivity index (χ0) is 49.6. The maximum absolute atomic E-state index is 16.0. The Morgan fingerprint density at radius 3 is 0.959 bits per heavy atom. The van der Waals surface area contributed by atoms with Gasteiger partial charge in [0.15, 0.2) is 11.6 Å². The molecule has 5 nitrogen and oxygen atoms in total. The fraction of sp³-hybridized carbons (Fsp3) is 0.0462. The van der Waals surface area contributed by atoms with Gasteiger partial charge in [0, 0.05) is 44.2 Å². The molecule has 12 aromatic rings. The van der Waals surface area contributed by atoms with Gasteiger partial charge in [0.05, 0.1) is 45.1 Å². The molecule has 0 aliphatic heterocycles. The lowest BCUT2D eigenvalue weighted by atomic mass is 9.98. The molecule has 12 rings (SSSR count). The lowest BCUT2D eigenvalue weighted by Crippen LogP contribution is -2.11. The molecule has 0 spiro atoms. The summed E-state index contributed by atoms with van der Waals surface area (Å²) in [4.78, 5) is 20.9. The lowest BCUT2D eigenvalue weighted by molar-refractivity contribution is -0.137. The van der Waals surface area contributed by atoms with Crippen molar-refractivity contribution in [3.63, 3.8) is 0 Å². The topological polar surface area (TPSA) is 56.5 Å². The number of nitrogens with zero attached hydrogens (tertiary/aromatic N) is 5. The van der Waals surface area contributed by atoms with Gasteiger partial charge in [-0.3, -0.25) is 0 Å². The summed E-state index contributed by atoms with van der Waals surface area (Å²) in [5.41, 5.74) is 12.8. The maximum Gasteiger partial charge on any atom is 0.416 e. The van der Waals surface area contributed by atoms with Gasteiger partial charge in [0.1, 0.15) is 0 Å². The Hall–Kier alpha value is -9.27. The van der Waals surface area contributed by atoms with E-state index < -0.39 is 11.7 Å². The van der Waals surface area contributed by atoms with Crippen LogP contribution in [0, 0.1) is 13.8 Å². The lowest BCUT2D eigenvalue weighted by Gasteiger charge is -2.22. The van der Waals surface area contributed by atoms with Crippen LogP contribution in [0.1, 0.15) is 16.7 Å². The molecule has 0 bridgehead atoms. The highest BCUT2D eigenvalue weighted by Gasteiger charge is 2.35. The van der Waals surface area contributed by atoms with Gasteiger partial charge in [-0.2, -0.15) is 13.2 Å². The van der Waals surface area contributed by atoms with E-state index in [-0.39, 0.29) is 22.8 Å². The summed E-state index contributed by atoms with van der Waals surface area (Å²) in [5, 5.41) is 1.82. The summed E-state index contributed by atoms with van der Waals surface area (Å²) < 4.78 is 50.0. The van der Waals surface area contributed by atoms with Crippen LogP contribution in [-0.2, 0) is 6.18 Å². The fourth-order valence-electron chi connectivity index (χ4n) is 9.65. The fourth-order valence-corrected chi connectivity index (χ4v) is 9.65. The first-order valence-electron chi connectivity index (χ1n) is 24.1. The molecule has 0 saturated heterocycles. The highest BCUT2D eigenvalue weighted by Crippen LogP contribution is 2.46. The summed E-state index contributed by atoms with van der Waals surface area (Å²) in [6.07, 6.45) is -4.81. The second-order valence-electron chi connectivity index (χ2n) is 18.3. The summed E-state index contributed by atoms with van der Waals surface area (Å²) in [6.45, 7) is 4.11. The average molecular weight is 952 g/mol. The number of hydrogen-bond acceptors (Lipinski definition) is 4. The molecule has 9 aromatic carbocycles. The molecule has 0 radical (unpaired) electrons. The minimum absolute atomic E-state index is 0.101. The predicted molar refractivity (Wildman–Crippen MR) is 290 cm³/mol. The maximum atomic E-state index is 16.0. The van der Waals surface area contributed by atoms with Crippen molar-refractivity contribution >= 4 is 21.8 Å². The molecule has 73 heavy (non-hydrogen) atoms. The molecule has 0 fully saturated rings. The van der Waals surface area contributed by atoms with Crippen LogP contribution in [0.5, 0.6) is 0 Å². The molecule has 0 N–H and O–H groups in total. The molecule has 0 amide bonds. The third kappa shape index (κ3) is 8.74. The highest BCUT2D eigenvalue weighted by molar-refractivity contribution is 6.12. The first-order valence-corrected chi connectivity index (χ1v) is 24.1. The predicted octanol–water partition coefficient (Wildman–Crippen LogP) is 17.3. The number of halogens is 3. The smallest absolute Gasteiger partial charge is 0.308 e. The molecule has 350 valence electrons. The SMILES string of the molecule is Cc1ccc(-c2ccc3c4ccc(-c5ccc(C)cc5)cc4n(-c4c(-c5nc(-c6ccccc6)cc(-c6ccccc6)n5)cc(C(F)(F)F)cc4-c4nc(-c5ccccc5)cc(-c5ccccc5)n4)c3c2)cc1. The average Bonchev–Trinajstić information content (AvgIpc) is 3.76. The number of benzene rings is 9. The van der Waals surface area contributed by atoms with E-state index in [1.807, 2.05) is 133 Å². The van der Waals surface area contributed by atoms with E-state index in [1.165, 1.54) is 12.1 Å². The molecule has 8 heteroatoms. The van der Waals surface area contributed by atoms with E-state index in [0.717, 1.165) is 77.4 Å². The molecule has 3 aromatic heterocycles. The third-order valence-corrected chi connectivity index (χ3v) is 13.4. The molecule has 3 heterocycles. The molecule has 0 aliphatic rings. The van der Waals surface area contributed by atoms with Crippen molar-refractivity contribution in [2.75, 3.05) is 0 Å². The van der Waals surface area contributed by atoms with Crippen molar-refractivity contribution in [3.05, 3.63) is 247 Å². The van der Waals surface area contributed by atoms with Gasteiger partial charge in [-0.15, -0.1) is 0 Å². The van der Waals surface area contributed by atoms with Crippen LogP contribution in [-0.4, -0.2) is 24.5 Å². The normalized spacial score (nSPS) is 11.6. The molecule has 0 atom stereocenters. The van der Waals surface area contributed by atoms with E-state index in [0.29, 0.717) is 28.5 Å². The summed E-state index contributed by atoms with van der Waals surface area (Å²) in [5.74, 6) is 0.203. The Morgan fingerprint density at radius 2 is 0.644 bits per heavy atom. The van der Waals surface area contributed by atoms with E-state index in [1.54, 1.807) is 0 Å². The first-order chi connectivity index (χ1) is 35.6. The van der Waals surface area contributed by atoms with E-state index in [2.05, 4.69) is 103 Å². The van der Waals surface area contributed by atoms with Crippen molar-refractivity contribution in [1.82, 2.24) is 24.5 Å². The van der Waals surface area contributed by atoms with Crippen LogP contribution in [0.3, 0.4) is 0 Å². The standard InChI is InChI=1S/C65H44F3N5/c1-41-23-27-43(28-24-41)49-31-33-52-53-34-32-50(44-29-25-42(2)26-30-44)36-61(53)73(60(52)35-49)62-54(63-69-56(45-15-7-3-8-16-45)39-57(70-63)46-17-9-4-10-18-46)37-51(65(66,67)68)38-55(62)64-71-58(47-19-11-5-12-20-47)40-59(72-64)48-21-13-6-14-22-48/h3-40H,1-2H3. The Kier molecular flexibility index (Phi) is 11.4. The number of fused-ring (bicyclic) bond motifs is 3. The summed E-state index contributed by atoms with van der Waals surface area (Å²) in [6, 6.07) is 74.2. The van der Waals surface area contributed by atoms with Crippen molar-refractivity contribution in [1.29, 1.82) is 0 Å². The van der Waals surface area contributed by atoms with Crippen molar-refractivity contribution in [2.45, 2.75) is 20.0 Å². The molecular weight excluding hydrogens is 908 g/mol. The summed E-state index contributed by atoms with van der Waals surface area (Å²) in [7, 11) is 0. The van der Waals surface area contributed by atoms with Crippen LogP contribution in [0.4, 0.5) is 13.2 Å². The minimum Gasteiger partial charge on any atom is -0.308 e. The highest BCUT2D eigenvalue weighted by atomic mass is 19.4. The first kappa shape index (κ1) is 44.9. The summed E-state index contributed by atoms with van der Waals surface area (Å²) >= 11 is 0. The Labute approximate surface area is 420 Å². The second-order valence-corrected chi connectivity index (χ2v) is 18.3. The molecule has 0 aliphatic carbocycles. The Bertz CT molecular complexity index is 3620. The third-order valence-electron chi connectivity index (χ3n) is 13.4. The van der Waals surface area contributed by atoms with Gasteiger partial charge >= 0.3 is 6.18 Å². The monoisotopic (exact) mass is 951 g/mol. The largest absolute Gasteiger partial charge is 0.416 e. The van der Waals surface area contributed by atoms with Crippen LogP contribution < -0.4 is 0 Å². The Morgan fingerprint density at radius 1 is 0.329 bits per heavy atom. The van der Waals surface area contributed by atoms with Crippen molar-refractivity contribution in [2.24, 2.45) is 0 Å². The van der Waals surface area contributed by atoms with E-state index in [4.69, 9.17) is 19.9 Å². The van der Waals surface area contributed by atoms with Crippen molar-refractivity contribution < 1.29 is 13.2 Å². The molecule has 0 unspecified atom stereocenters. The quantitative estimate of drug-likeness (QED) is 0.145. The number of hydrogen-bond donors (Lipinski definition) is 0. The van der Waals surface area contributed by atoms with Gasteiger partial charge in [-0.05, 0) is 72.5 Å². The van der Waals surface area contributed by atoms with Crippen LogP contribution in [0.2, 0.25) is 0 Å². The zero-order valence-electron chi connectivity index (χ0n) is 39.8. The molecule has 0 saturated carbocycles. The van der Waals surface area contributed by atoms with Crippen LogP contribution >= 0.6 is 0 Å². The van der Waals surface area contributed by atoms with E-state index >= 15 is 13.2 Å². The number of rotatable bonds is 9. The second kappa shape index (κ2) is 18.5. The zero-order valence-corrected chi connectivity index (χ0v) is 39.8. The van der Waals surface area contributed by atoms with Crippen molar-refractivity contribution in [3.8, 4) is 95.7 Å². The number of aryl methyl sites for hydroxylation is 2. The number of alkyl halides is 3. The van der Waals surface area contributed by atoms with Gasteiger partial charge in [-0.1, -0.05) is 205 Å². The minimum atomic E-state index is -4.81.